The van der Waals surface area contributed by atoms with Gasteiger partial charge in [-0.2, -0.15) is 11.8 Å². The summed E-state index contributed by atoms with van der Waals surface area (Å²) in [6, 6.07) is 0. The van der Waals surface area contributed by atoms with Crippen molar-refractivity contribution in [3.8, 4) is 0 Å². The largest absolute Gasteiger partial charge is 0.466 e. The molecule has 0 saturated carbocycles. The number of nitrogens with one attached hydrogen (secondary N) is 2. The van der Waals surface area contributed by atoms with Gasteiger partial charge in [0.15, 0.2) is 0 Å². The number of unbranched alkanes of at least 4 members (excludes halogenated alkanes) is 20. The van der Waals surface area contributed by atoms with E-state index in [1.807, 2.05) is 0 Å². The molecule has 0 aromatic carbocycles. The molecule has 0 bridgehead atoms. The van der Waals surface area contributed by atoms with E-state index in [1.165, 1.54) is 135 Å². The molecule has 0 amide bonds. The van der Waals surface area contributed by atoms with E-state index in [1.54, 1.807) is 11.8 Å². The van der Waals surface area contributed by atoms with Crippen LogP contribution >= 0.6 is 11.8 Å². The molecule has 0 aliphatic rings. The van der Waals surface area contributed by atoms with Gasteiger partial charge in [-0.3, -0.25) is 10.2 Å². The fraction of sp³-hybridized carbons (Fsp3) is 0.939. The number of hydrogen-bond acceptors (Lipinski definition) is 4. The Labute approximate surface area is 242 Å². The second-order valence-electron chi connectivity index (χ2n) is 11.2. The van der Waals surface area contributed by atoms with E-state index in [2.05, 4.69) is 19.2 Å². The number of hydrogen-bond donors (Lipinski definition) is 2. The second-order valence-corrected chi connectivity index (χ2v) is 12.4. The van der Waals surface area contributed by atoms with E-state index >= 15 is 0 Å². The minimum Gasteiger partial charge on any atom is -0.466 e. The third-order valence-electron chi connectivity index (χ3n) is 7.30. The van der Waals surface area contributed by atoms with Crippen molar-refractivity contribution in [2.75, 3.05) is 24.7 Å². The molecule has 0 fully saturated rings. The average molecular weight is 555 g/mol. The van der Waals surface area contributed by atoms with E-state index < -0.39 is 0 Å². The Morgan fingerprint density at radius 2 is 1.03 bits per heavy atom. The first-order valence-corrected chi connectivity index (χ1v) is 17.9. The van der Waals surface area contributed by atoms with Crippen LogP contribution in [0.1, 0.15) is 174 Å². The van der Waals surface area contributed by atoms with Crippen molar-refractivity contribution in [2.24, 2.45) is 0 Å². The molecule has 0 heterocycles. The topological polar surface area (TPSA) is 62.2 Å². The molecule has 4 nitrogen and oxygen atoms in total. The Balaban J connectivity index is 3.26. The molecule has 2 N–H and O–H groups in total. The third kappa shape index (κ3) is 31.5. The number of carbonyl (C=O) groups is 1. The molecule has 38 heavy (non-hydrogen) atoms. The lowest BCUT2D eigenvalue weighted by molar-refractivity contribution is -0.143. The Kier molecular flexibility index (Phi) is 31.9. The Morgan fingerprint density at radius 3 is 1.53 bits per heavy atom. The molecule has 0 aromatic rings. The number of carbonyl (C=O) groups excluding carboxylic acids is 1. The number of amidine groups is 1. The first kappa shape index (κ1) is 37.3. The molecule has 0 aliphatic carbocycles. The van der Waals surface area contributed by atoms with Gasteiger partial charge in [0.25, 0.3) is 0 Å². The molecule has 0 unspecified atom stereocenters. The summed E-state index contributed by atoms with van der Waals surface area (Å²) in [6.45, 7) is 6.07. The number of ether oxygens (including phenoxy) is 1. The zero-order valence-electron chi connectivity index (χ0n) is 25.7. The molecular formula is C33H66N2O2S. The van der Waals surface area contributed by atoms with Crippen molar-refractivity contribution in [1.82, 2.24) is 5.32 Å². The van der Waals surface area contributed by atoms with Crippen LogP contribution in [-0.2, 0) is 9.53 Å². The molecule has 0 atom stereocenters. The summed E-state index contributed by atoms with van der Waals surface area (Å²) in [5.74, 6) is 2.46. The predicted molar refractivity (Wildman–Crippen MR) is 171 cm³/mol. The fourth-order valence-corrected chi connectivity index (χ4v) is 5.61. The van der Waals surface area contributed by atoms with Crippen molar-refractivity contribution in [3.05, 3.63) is 0 Å². The maximum atomic E-state index is 11.9. The quantitative estimate of drug-likeness (QED) is 0.0387. The molecule has 0 radical (unpaired) electrons. The van der Waals surface area contributed by atoms with Gasteiger partial charge < -0.3 is 10.1 Å². The monoisotopic (exact) mass is 554 g/mol. The van der Waals surface area contributed by atoms with Crippen LogP contribution in [0.2, 0.25) is 0 Å². The van der Waals surface area contributed by atoms with Crippen LogP contribution in [0.4, 0.5) is 0 Å². The van der Waals surface area contributed by atoms with Gasteiger partial charge in [0.2, 0.25) is 0 Å². The number of thioether (sulfide) groups is 1. The van der Waals surface area contributed by atoms with E-state index in [9.17, 15) is 4.79 Å². The summed E-state index contributed by atoms with van der Waals surface area (Å²) < 4.78 is 5.39. The summed E-state index contributed by atoms with van der Waals surface area (Å²) in [7, 11) is 0. The Hall–Kier alpha value is -0.710. The molecule has 5 heteroatoms. The lowest BCUT2D eigenvalue weighted by Gasteiger charge is -2.08. The Morgan fingerprint density at radius 1 is 0.579 bits per heavy atom. The van der Waals surface area contributed by atoms with Gasteiger partial charge in [0.1, 0.15) is 0 Å². The van der Waals surface area contributed by atoms with E-state index in [4.69, 9.17) is 10.1 Å². The van der Waals surface area contributed by atoms with Gasteiger partial charge in [0.05, 0.1) is 18.9 Å². The van der Waals surface area contributed by atoms with Gasteiger partial charge in [-0.1, -0.05) is 142 Å². The summed E-state index contributed by atoms with van der Waals surface area (Å²) in [5.41, 5.74) is 0. The van der Waals surface area contributed by atoms with Crippen molar-refractivity contribution in [2.45, 2.75) is 174 Å². The lowest BCUT2D eigenvalue weighted by atomic mass is 10.1. The van der Waals surface area contributed by atoms with Crippen molar-refractivity contribution < 1.29 is 9.53 Å². The van der Waals surface area contributed by atoms with Crippen LogP contribution in [0.15, 0.2) is 0 Å². The van der Waals surface area contributed by atoms with Crippen molar-refractivity contribution >= 4 is 23.6 Å². The highest BCUT2D eigenvalue weighted by molar-refractivity contribution is 7.99. The minimum atomic E-state index is -0.0496. The first-order chi connectivity index (χ1) is 18.7. The number of esters is 1. The van der Waals surface area contributed by atoms with Crippen LogP contribution in [0, 0.1) is 5.41 Å². The zero-order chi connectivity index (χ0) is 27.8. The molecule has 0 saturated heterocycles. The highest BCUT2D eigenvalue weighted by atomic mass is 32.2. The van der Waals surface area contributed by atoms with Crippen LogP contribution in [0.25, 0.3) is 0 Å². The third-order valence-corrected chi connectivity index (χ3v) is 8.37. The highest BCUT2D eigenvalue weighted by Crippen LogP contribution is 2.13. The molecule has 0 aromatic heterocycles. The number of rotatable bonds is 31. The molecular weight excluding hydrogens is 488 g/mol. The molecule has 226 valence electrons. The summed E-state index contributed by atoms with van der Waals surface area (Å²) in [6.07, 6.45) is 31.7. The van der Waals surface area contributed by atoms with Gasteiger partial charge in [-0.25, -0.2) is 0 Å². The molecule has 0 aliphatic heterocycles. The van der Waals surface area contributed by atoms with Crippen LogP contribution < -0.4 is 5.32 Å². The molecule has 0 spiro atoms. The lowest BCUT2D eigenvalue weighted by Crippen LogP contribution is -2.23. The summed E-state index contributed by atoms with van der Waals surface area (Å²) >= 11 is 1.81. The molecule has 0 rings (SSSR count). The second kappa shape index (κ2) is 32.5. The first-order valence-electron chi connectivity index (χ1n) is 16.7. The fourth-order valence-electron chi connectivity index (χ4n) is 4.75. The Bertz CT molecular complexity index is 501. The van der Waals surface area contributed by atoms with Gasteiger partial charge >= 0.3 is 5.97 Å². The minimum absolute atomic E-state index is 0.0496. The summed E-state index contributed by atoms with van der Waals surface area (Å²) in [5, 5.41) is 11.3. The normalized spacial score (nSPS) is 11.1. The van der Waals surface area contributed by atoms with E-state index in [-0.39, 0.29) is 5.97 Å². The predicted octanol–water partition coefficient (Wildman–Crippen LogP) is 10.6. The average Bonchev–Trinajstić information content (AvgIpc) is 2.91. The van der Waals surface area contributed by atoms with Gasteiger partial charge in [-0.05, 0) is 25.0 Å². The maximum absolute atomic E-state index is 11.9. The SMILES string of the molecule is CCCCCCCCCCCCCCOC(=O)CCSCCCC(=N)NCCCCCCCCCCCC. The van der Waals surface area contributed by atoms with Crippen molar-refractivity contribution in [3.63, 3.8) is 0 Å². The standard InChI is InChI=1S/C33H66N2O2S/c1-3-5-7-9-11-13-15-16-18-20-22-24-29-37-33(36)27-31-38-30-25-26-32(34)35-28-23-21-19-17-14-12-10-8-6-4-2/h3-31H2,1-2H3,(H2,34,35). The van der Waals surface area contributed by atoms with Crippen LogP contribution in [0.5, 0.6) is 0 Å². The van der Waals surface area contributed by atoms with Gasteiger partial charge in [-0.15, -0.1) is 0 Å². The zero-order valence-corrected chi connectivity index (χ0v) is 26.5. The highest BCUT2D eigenvalue weighted by Gasteiger charge is 2.03. The van der Waals surface area contributed by atoms with Crippen LogP contribution in [0.3, 0.4) is 0 Å². The van der Waals surface area contributed by atoms with E-state index in [0.717, 1.165) is 37.3 Å². The van der Waals surface area contributed by atoms with Crippen molar-refractivity contribution in [1.29, 1.82) is 5.41 Å². The summed E-state index contributed by atoms with van der Waals surface area (Å²) in [4.78, 5) is 11.9. The van der Waals surface area contributed by atoms with E-state index in [0.29, 0.717) is 18.9 Å². The maximum Gasteiger partial charge on any atom is 0.306 e. The van der Waals surface area contributed by atoms with Crippen LogP contribution in [-0.4, -0.2) is 36.5 Å². The smallest absolute Gasteiger partial charge is 0.306 e. The van der Waals surface area contributed by atoms with Gasteiger partial charge in [0, 0.05) is 18.7 Å².